The zero-order chi connectivity index (χ0) is 26.3. The molecular formula is C26H25ClF3N5OS. The Balaban J connectivity index is 1.31. The normalized spacial score (nSPS) is 19.8. The maximum absolute atomic E-state index is 13.5. The van der Waals surface area contributed by atoms with Gasteiger partial charge in [-0.3, -0.25) is 9.48 Å². The molecule has 0 saturated carbocycles. The summed E-state index contributed by atoms with van der Waals surface area (Å²) in [6.07, 6.45) is 0.0199. The Hall–Kier alpha value is -2.82. The van der Waals surface area contributed by atoms with Crippen molar-refractivity contribution in [3.05, 3.63) is 69.2 Å². The van der Waals surface area contributed by atoms with Gasteiger partial charge in [0.2, 0.25) is 0 Å². The maximum Gasteiger partial charge on any atom is 0.416 e. The van der Waals surface area contributed by atoms with E-state index in [9.17, 15) is 18.0 Å². The number of alkyl halides is 3. The number of rotatable bonds is 5. The number of fused-ring (bicyclic) bond motifs is 1. The van der Waals surface area contributed by atoms with E-state index in [-0.39, 0.29) is 23.0 Å². The molecule has 194 valence electrons. The molecule has 0 aliphatic carbocycles. The average Bonchev–Trinajstić information content (AvgIpc) is 3.53. The Morgan fingerprint density at radius 1 is 1.24 bits per heavy atom. The molecule has 2 aromatic carbocycles. The molecule has 6 nitrogen and oxygen atoms in total. The van der Waals surface area contributed by atoms with Gasteiger partial charge in [0.15, 0.2) is 5.17 Å². The fourth-order valence-corrected chi connectivity index (χ4v) is 5.84. The van der Waals surface area contributed by atoms with Crippen molar-refractivity contribution in [2.45, 2.75) is 19.1 Å². The average molecular weight is 548 g/mol. The standard InChI is InChI=1S/C26H25ClF3N5OS/c1-33-8-7-17(13-33)14-34(2)25-32-24(36)23(37-25)10-16-3-6-22-19(9-16)12-31-35(22)15-18-4-5-20(27)11-21(18)26(28,29)30/h3-6,9-12,17H,7-8,13-15H2,1-2H3/b23-10-. The molecule has 0 spiro atoms. The number of amidine groups is 1. The largest absolute Gasteiger partial charge is 0.416 e. The van der Waals surface area contributed by atoms with Crippen LogP contribution in [0.5, 0.6) is 0 Å². The Bertz CT molecular complexity index is 1420. The summed E-state index contributed by atoms with van der Waals surface area (Å²) in [6, 6.07) is 9.24. The van der Waals surface area contributed by atoms with Crippen molar-refractivity contribution in [1.29, 1.82) is 0 Å². The van der Waals surface area contributed by atoms with Gasteiger partial charge in [-0.05, 0) is 79.2 Å². The molecule has 2 aliphatic rings. The van der Waals surface area contributed by atoms with Gasteiger partial charge in [0, 0.05) is 30.5 Å². The Morgan fingerprint density at radius 3 is 2.78 bits per heavy atom. The van der Waals surface area contributed by atoms with Crippen LogP contribution >= 0.6 is 23.4 Å². The van der Waals surface area contributed by atoms with Crippen molar-refractivity contribution in [3.8, 4) is 0 Å². The van der Waals surface area contributed by atoms with Gasteiger partial charge in [-0.25, -0.2) is 0 Å². The summed E-state index contributed by atoms with van der Waals surface area (Å²) >= 11 is 7.16. The highest BCUT2D eigenvalue weighted by Gasteiger charge is 2.34. The summed E-state index contributed by atoms with van der Waals surface area (Å²) in [5, 5.41) is 5.79. The van der Waals surface area contributed by atoms with E-state index in [1.807, 2.05) is 24.1 Å². The second-order valence-electron chi connectivity index (χ2n) is 9.53. The quantitative estimate of drug-likeness (QED) is 0.389. The third kappa shape index (κ3) is 5.71. The van der Waals surface area contributed by atoms with Crippen LogP contribution in [0, 0.1) is 5.92 Å². The molecule has 3 aromatic rings. The van der Waals surface area contributed by atoms with Crippen LogP contribution in [-0.4, -0.2) is 64.4 Å². The predicted octanol–water partition coefficient (Wildman–Crippen LogP) is 5.61. The lowest BCUT2D eigenvalue weighted by Gasteiger charge is -2.21. The summed E-state index contributed by atoms with van der Waals surface area (Å²) in [5.41, 5.74) is 0.789. The minimum atomic E-state index is -4.52. The summed E-state index contributed by atoms with van der Waals surface area (Å²) < 4.78 is 42.0. The first-order valence-electron chi connectivity index (χ1n) is 11.8. The van der Waals surface area contributed by atoms with Gasteiger partial charge in [0.25, 0.3) is 5.91 Å². The van der Waals surface area contributed by atoms with Gasteiger partial charge < -0.3 is 9.80 Å². The molecule has 11 heteroatoms. The first-order valence-corrected chi connectivity index (χ1v) is 13.0. The number of halogens is 4. The molecule has 3 heterocycles. The number of hydrogen-bond donors (Lipinski definition) is 0. The number of aliphatic imine (C=N–C) groups is 1. The number of likely N-dealkylation sites (tertiary alicyclic amines) is 1. The Morgan fingerprint density at radius 2 is 2.05 bits per heavy atom. The number of benzene rings is 2. The molecule has 1 amide bonds. The van der Waals surface area contributed by atoms with E-state index in [1.165, 1.54) is 28.6 Å². The number of carbonyl (C=O) groups excluding carboxylic acids is 1. The van der Waals surface area contributed by atoms with Crippen molar-refractivity contribution in [2.24, 2.45) is 10.9 Å². The van der Waals surface area contributed by atoms with Gasteiger partial charge in [-0.15, -0.1) is 0 Å². The lowest BCUT2D eigenvalue weighted by Crippen LogP contribution is -2.30. The van der Waals surface area contributed by atoms with Gasteiger partial charge in [0.05, 0.1) is 28.7 Å². The predicted molar refractivity (Wildman–Crippen MR) is 142 cm³/mol. The molecule has 5 rings (SSSR count). The highest BCUT2D eigenvalue weighted by Crippen LogP contribution is 2.35. The number of thioether (sulfide) groups is 1. The minimum Gasteiger partial charge on any atom is -0.354 e. The van der Waals surface area contributed by atoms with Gasteiger partial charge in [-0.1, -0.05) is 23.7 Å². The maximum atomic E-state index is 13.5. The van der Waals surface area contributed by atoms with Crippen LogP contribution in [0.3, 0.4) is 0 Å². The van der Waals surface area contributed by atoms with Crippen LogP contribution in [0.25, 0.3) is 17.0 Å². The number of carbonyl (C=O) groups is 1. The molecule has 0 radical (unpaired) electrons. The Labute approximate surface area is 221 Å². The highest BCUT2D eigenvalue weighted by atomic mass is 35.5. The van der Waals surface area contributed by atoms with E-state index in [1.54, 1.807) is 18.3 Å². The van der Waals surface area contributed by atoms with Crippen LogP contribution in [0.4, 0.5) is 13.2 Å². The number of amides is 1. The fourth-order valence-electron chi connectivity index (χ4n) is 4.79. The van der Waals surface area contributed by atoms with Crippen molar-refractivity contribution in [1.82, 2.24) is 19.6 Å². The summed E-state index contributed by atoms with van der Waals surface area (Å²) in [5.74, 6) is 0.286. The molecule has 1 aromatic heterocycles. The van der Waals surface area contributed by atoms with E-state index in [4.69, 9.17) is 11.6 Å². The number of nitrogens with zero attached hydrogens (tertiary/aromatic N) is 5. The number of hydrogen-bond acceptors (Lipinski definition) is 5. The number of aromatic nitrogens is 2. The second kappa shape index (κ2) is 10.2. The van der Waals surface area contributed by atoms with Crippen LogP contribution in [0.15, 0.2) is 52.5 Å². The summed E-state index contributed by atoms with van der Waals surface area (Å²) in [4.78, 5) is 21.7. The molecular weight excluding hydrogens is 523 g/mol. The highest BCUT2D eigenvalue weighted by molar-refractivity contribution is 8.18. The molecule has 0 bridgehead atoms. The molecule has 37 heavy (non-hydrogen) atoms. The van der Waals surface area contributed by atoms with Crippen molar-refractivity contribution in [3.63, 3.8) is 0 Å². The summed E-state index contributed by atoms with van der Waals surface area (Å²) in [6.45, 7) is 2.93. The molecule has 1 fully saturated rings. The van der Waals surface area contributed by atoms with E-state index >= 15 is 0 Å². The zero-order valence-corrected chi connectivity index (χ0v) is 21.9. The zero-order valence-electron chi connectivity index (χ0n) is 20.3. The van der Waals surface area contributed by atoms with Gasteiger partial charge >= 0.3 is 6.18 Å². The van der Waals surface area contributed by atoms with E-state index in [0.29, 0.717) is 21.5 Å². The van der Waals surface area contributed by atoms with Crippen molar-refractivity contribution < 1.29 is 18.0 Å². The second-order valence-corrected chi connectivity index (χ2v) is 11.0. The molecule has 1 unspecified atom stereocenters. The molecule has 0 N–H and O–H groups in total. The Kier molecular flexibility index (Phi) is 7.08. The SMILES string of the molecule is CN1CCC(CN(C)C2=NC(=O)/C(=C/c3ccc4c(cnn4Cc4ccc(Cl)cc4C(F)(F)F)c3)S2)C1. The summed E-state index contributed by atoms with van der Waals surface area (Å²) in [7, 11) is 4.08. The topological polar surface area (TPSA) is 53.7 Å². The minimum absolute atomic E-state index is 0.0304. The fraction of sp³-hybridized carbons (Fsp3) is 0.346. The first kappa shape index (κ1) is 25.8. The van der Waals surface area contributed by atoms with Crippen LogP contribution in [0.1, 0.15) is 23.1 Å². The molecule has 2 aliphatic heterocycles. The van der Waals surface area contributed by atoms with Crippen LogP contribution in [-0.2, 0) is 17.5 Å². The lowest BCUT2D eigenvalue weighted by molar-refractivity contribution is -0.138. The smallest absolute Gasteiger partial charge is 0.354 e. The monoisotopic (exact) mass is 547 g/mol. The van der Waals surface area contributed by atoms with Crippen LogP contribution in [0.2, 0.25) is 5.02 Å². The van der Waals surface area contributed by atoms with Crippen molar-refractivity contribution in [2.75, 3.05) is 33.7 Å². The van der Waals surface area contributed by atoms with Gasteiger partial charge in [-0.2, -0.15) is 23.3 Å². The molecule has 1 atom stereocenters. The van der Waals surface area contributed by atoms with Crippen molar-refractivity contribution >= 4 is 51.4 Å². The third-order valence-electron chi connectivity index (χ3n) is 6.62. The van der Waals surface area contributed by atoms with Gasteiger partial charge in [0.1, 0.15) is 0 Å². The third-order valence-corrected chi connectivity index (χ3v) is 7.95. The van der Waals surface area contributed by atoms with E-state index in [0.717, 1.165) is 43.1 Å². The first-order chi connectivity index (χ1) is 17.6. The van der Waals surface area contributed by atoms with Crippen LogP contribution < -0.4 is 0 Å². The van der Waals surface area contributed by atoms with E-state index in [2.05, 4.69) is 22.0 Å². The molecule has 1 saturated heterocycles. The van der Waals surface area contributed by atoms with E-state index < -0.39 is 11.7 Å². The lowest BCUT2D eigenvalue weighted by atomic mass is 10.1.